The fraction of sp³-hybridized carbons (Fsp3) is 0.167. The van der Waals surface area contributed by atoms with Gasteiger partial charge in [0.05, 0.1) is 10.4 Å². The highest BCUT2D eigenvalue weighted by molar-refractivity contribution is 5.93. The standard InChI is InChI=1S/C18H17N3O2/c1-3-13-4-6-17-15(11-13)18(8-9-19-17)20-16-7-5-14(21(22)23)10-12(16)2/h4-11H,3H2,1-2H3,(H,19,20). The molecule has 0 saturated heterocycles. The minimum Gasteiger partial charge on any atom is -0.355 e. The lowest BCUT2D eigenvalue weighted by Crippen LogP contribution is -1.97. The first-order valence-electron chi connectivity index (χ1n) is 7.48. The molecule has 0 saturated carbocycles. The maximum atomic E-state index is 10.8. The Hall–Kier alpha value is -2.95. The largest absolute Gasteiger partial charge is 0.355 e. The fourth-order valence-electron chi connectivity index (χ4n) is 2.57. The van der Waals surface area contributed by atoms with Gasteiger partial charge in [0.2, 0.25) is 0 Å². The highest BCUT2D eigenvalue weighted by Gasteiger charge is 2.09. The van der Waals surface area contributed by atoms with Crippen LogP contribution in [0.5, 0.6) is 0 Å². The summed E-state index contributed by atoms with van der Waals surface area (Å²) in [5.74, 6) is 0. The first kappa shape index (κ1) is 15.0. The molecule has 1 aromatic heterocycles. The second-order valence-electron chi connectivity index (χ2n) is 5.44. The lowest BCUT2D eigenvalue weighted by molar-refractivity contribution is -0.384. The lowest BCUT2D eigenvalue weighted by Gasteiger charge is -2.12. The molecule has 0 aliphatic carbocycles. The number of anilines is 2. The normalized spacial score (nSPS) is 10.7. The predicted molar refractivity (Wildman–Crippen MR) is 92.2 cm³/mol. The third kappa shape index (κ3) is 2.99. The first-order valence-corrected chi connectivity index (χ1v) is 7.48. The van der Waals surface area contributed by atoms with Crippen LogP contribution in [0.3, 0.4) is 0 Å². The molecule has 1 N–H and O–H groups in total. The van der Waals surface area contributed by atoms with Crippen molar-refractivity contribution in [2.45, 2.75) is 20.3 Å². The summed E-state index contributed by atoms with van der Waals surface area (Å²) < 4.78 is 0. The van der Waals surface area contributed by atoms with E-state index in [0.717, 1.165) is 34.3 Å². The zero-order valence-corrected chi connectivity index (χ0v) is 13.0. The van der Waals surface area contributed by atoms with Gasteiger partial charge in [0, 0.05) is 35.1 Å². The highest BCUT2D eigenvalue weighted by atomic mass is 16.6. The van der Waals surface area contributed by atoms with Crippen LogP contribution in [0.1, 0.15) is 18.1 Å². The van der Waals surface area contributed by atoms with Crippen molar-refractivity contribution in [3.05, 3.63) is 69.9 Å². The van der Waals surface area contributed by atoms with Crippen molar-refractivity contribution in [1.82, 2.24) is 4.98 Å². The minimum absolute atomic E-state index is 0.0981. The SMILES string of the molecule is CCc1ccc2nccc(Nc3ccc([N+](=O)[O-])cc3C)c2c1. The predicted octanol–water partition coefficient (Wildman–Crippen LogP) is 4.76. The van der Waals surface area contributed by atoms with E-state index in [2.05, 4.69) is 29.4 Å². The van der Waals surface area contributed by atoms with Gasteiger partial charge in [0.1, 0.15) is 0 Å². The molecule has 1 heterocycles. The first-order chi connectivity index (χ1) is 11.1. The molecule has 0 spiro atoms. The fourth-order valence-corrected chi connectivity index (χ4v) is 2.57. The molecular weight excluding hydrogens is 290 g/mol. The van der Waals surface area contributed by atoms with Gasteiger partial charge in [-0.15, -0.1) is 0 Å². The van der Waals surface area contributed by atoms with Crippen LogP contribution in [0.25, 0.3) is 10.9 Å². The maximum Gasteiger partial charge on any atom is 0.269 e. The van der Waals surface area contributed by atoms with Crippen LogP contribution in [0.15, 0.2) is 48.7 Å². The molecule has 0 aliphatic heterocycles. The molecule has 0 atom stereocenters. The number of benzene rings is 2. The molecule has 3 rings (SSSR count). The van der Waals surface area contributed by atoms with Crippen LogP contribution in [0.2, 0.25) is 0 Å². The summed E-state index contributed by atoms with van der Waals surface area (Å²) in [5, 5.41) is 15.3. The zero-order valence-electron chi connectivity index (χ0n) is 13.0. The molecule has 0 amide bonds. The molecule has 0 fully saturated rings. The van der Waals surface area contributed by atoms with Gasteiger partial charge in [-0.1, -0.05) is 13.0 Å². The molecule has 2 aromatic carbocycles. The number of non-ortho nitro benzene ring substituents is 1. The van der Waals surface area contributed by atoms with Crippen LogP contribution in [0.4, 0.5) is 17.1 Å². The van der Waals surface area contributed by atoms with Crippen LogP contribution in [0, 0.1) is 17.0 Å². The number of hydrogen-bond donors (Lipinski definition) is 1. The number of aromatic nitrogens is 1. The van der Waals surface area contributed by atoms with Gasteiger partial charge in [-0.2, -0.15) is 0 Å². The van der Waals surface area contributed by atoms with E-state index < -0.39 is 0 Å². The van der Waals surface area contributed by atoms with Gasteiger partial charge in [-0.05, 0) is 48.7 Å². The van der Waals surface area contributed by atoms with Crippen LogP contribution in [-0.2, 0) is 6.42 Å². The Kier molecular flexibility index (Phi) is 3.93. The van der Waals surface area contributed by atoms with Gasteiger partial charge < -0.3 is 5.32 Å². The summed E-state index contributed by atoms with van der Waals surface area (Å²) in [6.45, 7) is 3.97. The third-order valence-corrected chi connectivity index (χ3v) is 3.90. The number of pyridine rings is 1. The Labute approximate surface area is 134 Å². The van der Waals surface area contributed by atoms with Gasteiger partial charge in [-0.3, -0.25) is 15.1 Å². The smallest absolute Gasteiger partial charge is 0.269 e. The Balaban J connectivity index is 2.03. The quantitative estimate of drug-likeness (QED) is 0.557. The Morgan fingerprint density at radius 1 is 1.13 bits per heavy atom. The second-order valence-corrected chi connectivity index (χ2v) is 5.44. The van der Waals surface area contributed by atoms with Crippen molar-refractivity contribution in [2.24, 2.45) is 0 Å². The van der Waals surface area contributed by atoms with E-state index in [1.54, 1.807) is 18.3 Å². The van der Waals surface area contributed by atoms with Crippen molar-refractivity contribution >= 4 is 28.0 Å². The molecule has 5 heteroatoms. The minimum atomic E-state index is -0.383. The third-order valence-electron chi connectivity index (χ3n) is 3.90. The average molecular weight is 307 g/mol. The molecule has 23 heavy (non-hydrogen) atoms. The van der Waals surface area contributed by atoms with Crippen molar-refractivity contribution in [3.8, 4) is 0 Å². The van der Waals surface area contributed by atoms with E-state index in [0.29, 0.717) is 0 Å². The average Bonchev–Trinajstić information content (AvgIpc) is 2.56. The summed E-state index contributed by atoms with van der Waals surface area (Å²) in [4.78, 5) is 14.9. The van der Waals surface area contributed by atoms with Crippen molar-refractivity contribution in [2.75, 3.05) is 5.32 Å². The van der Waals surface area contributed by atoms with Crippen molar-refractivity contribution in [1.29, 1.82) is 0 Å². The summed E-state index contributed by atoms with van der Waals surface area (Å²) >= 11 is 0. The molecule has 0 aliphatic rings. The monoisotopic (exact) mass is 307 g/mol. The van der Waals surface area contributed by atoms with Gasteiger partial charge in [0.25, 0.3) is 5.69 Å². The zero-order chi connectivity index (χ0) is 16.4. The molecule has 116 valence electrons. The summed E-state index contributed by atoms with van der Waals surface area (Å²) in [6, 6.07) is 13.0. The number of rotatable bonds is 4. The van der Waals surface area contributed by atoms with Crippen molar-refractivity contribution in [3.63, 3.8) is 0 Å². The van der Waals surface area contributed by atoms with E-state index >= 15 is 0 Å². The number of hydrogen-bond acceptors (Lipinski definition) is 4. The van der Waals surface area contributed by atoms with E-state index in [9.17, 15) is 10.1 Å². The van der Waals surface area contributed by atoms with Gasteiger partial charge in [0.15, 0.2) is 0 Å². The van der Waals surface area contributed by atoms with E-state index in [4.69, 9.17) is 0 Å². The number of aryl methyl sites for hydroxylation is 2. The topological polar surface area (TPSA) is 68.1 Å². The van der Waals surface area contributed by atoms with Crippen LogP contribution >= 0.6 is 0 Å². The molecule has 3 aromatic rings. The Morgan fingerprint density at radius 2 is 1.96 bits per heavy atom. The van der Waals surface area contributed by atoms with E-state index in [1.165, 1.54) is 11.6 Å². The van der Waals surface area contributed by atoms with Gasteiger partial charge >= 0.3 is 0 Å². The number of fused-ring (bicyclic) bond motifs is 1. The van der Waals surface area contributed by atoms with Gasteiger partial charge in [-0.25, -0.2) is 0 Å². The Morgan fingerprint density at radius 3 is 2.65 bits per heavy atom. The number of nitrogens with zero attached hydrogens (tertiary/aromatic N) is 2. The van der Waals surface area contributed by atoms with Crippen LogP contribution in [-0.4, -0.2) is 9.91 Å². The Bertz CT molecular complexity index is 891. The summed E-state index contributed by atoms with van der Waals surface area (Å²) in [5.41, 5.74) is 4.89. The molecule has 0 unspecified atom stereocenters. The number of nitrogens with one attached hydrogen (secondary N) is 1. The molecular formula is C18H17N3O2. The van der Waals surface area contributed by atoms with E-state index in [-0.39, 0.29) is 10.6 Å². The summed E-state index contributed by atoms with van der Waals surface area (Å²) in [6.07, 6.45) is 2.72. The number of nitro groups is 1. The molecule has 0 radical (unpaired) electrons. The maximum absolute atomic E-state index is 10.8. The highest BCUT2D eigenvalue weighted by Crippen LogP contribution is 2.29. The van der Waals surface area contributed by atoms with Crippen LogP contribution < -0.4 is 5.32 Å². The molecule has 5 nitrogen and oxygen atoms in total. The van der Waals surface area contributed by atoms with Crippen molar-refractivity contribution < 1.29 is 4.92 Å². The number of nitro benzene ring substituents is 1. The van der Waals surface area contributed by atoms with E-state index in [1.807, 2.05) is 19.1 Å². The lowest BCUT2D eigenvalue weighted by atomic mass is 10.1. The second kappa shape index (κ2) is 6.04. The molecule has 0 bridgehead atoms. The summed E-state index contributed by atoms with van der Waals surface area (Å²) in [7, 11) is 0.